The number of benzene rings is 2. The van der Waals surface area contributed by atoms with Crippen LogP contribution in [0.25, 0.3) is 0 Å². The maximum Gasteiger partial charge on any atom is 0.250 e. The minimum absolute atomic E-state index is 0.0939. The Morgan fingerprint density at radius 2 is 1.94 bits per heavy atom. The third kappa shape index (κ3) is 6.43. The molecule has 6 nitrogen and oxygen atoms in total. The lowest BCUT2D eigenvalue weighted by molar-refractivity contribution is -0.112. The molecule has 3 aromatic rings. The summed E-state index contributed by atoms with van der Waals surface area (Å²) in [6.45, 7) is 7.08. The fraction of sp³-hybridized carbons (Fsp3) is 0.269. The number of aromatic nitrogens is 2. The first kappa shape index (κ1) is 23.0. The first-order chi connectivity index (χ1) is 16.1. The fourth-order valence-electron chi connectivity index (χ4n) is 3.47. The molecule has 0 saturated carbocycles. The van der Waals surface area contributed by atoms with E-state index in [1.807, 2.05) is 37.3 Å². The van der Waals surface area contributed by atoms with E-state index < -0.39 is 0 Å². The summed E-state index contributed by atoms with van der Waals surface area (Å²) in [5, 5.41) is 3.80. The van der Waals surface area contributed by atoms with E-state index in [-0.39, 0.29) is 5.91 Å². The van der Waals surface area contributed by atoms with Crippen molar-refractivity contribution in [2.45, 2.75) is 30.2 Å². The van der Waals surface area contributed by atoms with Crippen molar-refractivity contribution < 1.29 is 9.53 Å². The van der Waals surface area contributed by atoms with Gasteiger partial charge in [-0.2, -0.15) is 0 Å². The van der Waals surface area contributed by atoms with Crippen LogP contribution in [0.3, 0.4) is 0 Å². The SMILES string of the molecule is C/C=C(\C)C(=O)Nc1cccc(Sc2ccnc(Cc3ccc(N4CCOCC4)cc3)n2)c1. The predicted molar refractivity (Wildman–Crippen MR) is 133 cm³/mol. The van der Waals surface area contributed by atoms with E-state index in [1.54, 1.807) is 31.0 Å². The summed E-state index contributed by atoms with van der Waals surface area (Å²) in [4.78, 5) is 24.7. The van der Waals surface area contributed by atoms with Crippen molar-refractivity contribution in [3.05, 3.63) is 83.8 Å². The maximum absolute atomic E-state index is 12.1. The molecule has 1 amide bonds. The third-order valence-electron chi connectivity index (χ3n) is 5.46. The van der Waals surface area contributed by atoms with Crippen molar-refractivity contribution in [1.82, 2.24) is 9.97 Å². The van der Waals surface area contributed by atoms with E-state index in [9.17, 15) is 4.79 Å². The van der Waals surface area contributed by atoms with Gasteiger partial charge in [0.05, 0.1) is 13.2 Å². The first-order valence-corrected chi connectivity index (χ1v) is 11.9. The number of nitrogens with zero attached hydrogens (tertiary/aromatic N) is 3. The normalized spacial score (nSPS) is 14.2. The van der Waals surface area contributed by atoms with E-state index in [0.717, 1.165) is 47.7 Å². The number of anilines is 2. The van der Waals surface area contributed by atoms with Gasteiger partial charge in [0.2, 0.25) is 0 Å². The Kier molecular flexibility index (Phi) is 7.75. The second kappa shape index (κ2) is 11.1. The maximum atomic E-state index is 12.1. The quantitative estimate of drug-likeness (QED) is 0.397. The molecule has 0 aliphatic carbocycles. The average Bonchev–Trinajstić information content (AvgIpc) is 2.85. The highest BCUT2D eigenvalue weighted by atomic mass is 32.2. The molecule has 0 radical (unpaired) electrons. The molecule has 1 aliphatic rings. The van der Waals surface area contributed by atoms with Crippen LogP contribution in [0.5, 0.6) is 0 Å². The van der Waals surface area contributed by atoms with Crippen molar-refractivity contribution in [3.63, 3.8) is 0 Å². The smallest absolute Gasteiger partial charge is 0.250 e. The molecule has 1 aromatic heterocycles. The van der Waals surface area contributed by atoms with E-state index in [0.29, 0.717) is 12.0 Å². The van der Waals surface area contributed by atoms with Gasteiger partial charge in [0, 0.05) is 47.6 Å². The van der Waals surface area contributed by atoms with Crippen molar-refractivity contribution in [2.75, 3.05) is 36.5 Å². The number of rotatable bonds is 7. The van der Waals surface area contributed by atoms with Gasteiger partial charge >= 0.3 is 0 Å². The number of amides is 1. The molecule has 1 aliphatic heterocycles. The van der Waals surface area contributed by atoms with Crippen molar-refractivity contribution in [2.24, 2.45) is 0 Å². The first-order valence-electron chi connectivity index (χ1n) is 11.1. The zero-order valence-electron chi connectivity index (χ0n) is 19.0. The van der Waals surface area contributed by atoms with Gasteiger partial charge in [-0.15, -0.1) is 0 Å². The summed E-state index contributed by atoms with van der Waals surface area (Å²) in [5.74, 6) is 0.691. The molecule has 1 saturated heterocycles. The lowest BCUT2D eigenvalue weighted by atomic mass is 10.1. The Bertz CT molecular complexity index is 1130. The number of hydrogen-bond donors (Lipinski definition) is 1. The minimum atomic E-state index is -0.0939. The van der Waals surface area contributed by atoms with E-state index in [4.69, 9.17) is 9.72 Å². The second-order valence-electron chi connectivity index (χ2n) is 7.81. The highest BCUT2D eigenvalue weighted by molar-refractivity contribution is 7.99. The van der Waals surface area contributed by atoms with Gasteiger partial charge in [-0.1, -0.05) is 36.0 Å². The number of nitrogens with one attached hydrogen (secondary N) is 1. The molecule has 7 heteroatoms. The molecule has 170 valence electrons. The van der Waals surface area contributed by atoms with Gasteiger partial charge in [0.15, 0.2) is 0 Å². The predicted octanol–water partition coefficient (Wildman–Crippen LogP) is 4.96. The highest BCUT2D eigenvalue weighted by Crippen LogP contribution is 2.28. The van der Waals surface area contributed by atoms with Gasteiger partial charge in [-0.3, -0.25) is 4.79 Å². The van der Waals surface area contributed by atoms with Crippen LogP contribution in [0.4, 0.5) is 11.4 Å². The molecule has 0 atom stereocenters. The summed E-state index contributed by atoms with van der Waals surface area (Å²) < 4.78 is 5.43. The van der Waals surface area contributed by atoms with Gasteiger partial charge in [0.25, 0.3) is 5.91 Å². The van der Waals surface area contributed by atoms with Crippen LogP contribution in [0.1, 0.15) is 25.2 Å². The molecule has 4 rings (SSSR count). The molecule has 0 spiro atoms. The van der Waals surface area contributed by atoms with Crippen LogP contribution in [0, 0.1) is 0 Å². The molecule has 2 heterocycles. The summed E-state index contributed by atoms with van der Waals surface area (Å²) in [5.41, 5.74) is 3.86. The van der Waals surface area contributed by atoms with Crippen LogP contribution in [0.15, 0.2) is 82.4 Å². The topological polar surface area (TPSA) is 67.4 Å². The van der Waals surface area contributed by atoms with Crippen LogP contribution in [-0.4, -0.2) is 42.2 Å². The zero-order chi connectivity index (χ0) is 23.0. The summed E-state index contributed by atoms with van der Waals surface area (Å²) in [6, 6.07) is 18.3. The number of hydrogen-bond acceptors (Lipinski definition) is 6. The molecular weight excluding hydrogens is 432 g/mol. The summed E-state index contributed by atoms with van der Waals surface area (Å²) >= 11 is 1.55. The Balaban J connectivity index is 1.40. The number of carbonyl (C=O) groups excluding carboxylic acids is 1. The van der Waals surface area contributed by atoms with Crippen LogP contribution in [-0.2, 0) is 16.0 Å². The molecule has 1 fully saturated rings. The monoisotopic (exact) mass is 460 g/mol. The minimum Gasteiger partial charge on any atom is -0.378 e. The van der Waals surface area contributed by atoms with E-state index in [2.05, 4.69) is 39.5 Å². The Hall–Kier alpha value is -3.16. The van der Waals surface area contributed by atoms with Gasteiger partial charge < -0.3 is 15.0 Å². The van der Waals surface area contributed by atoms with Crippen LogP contribution >= 0.6 is 11.8 Å². The summed E-state index contributed by atoms with van der Waals surface area (Å²) in [6.07, 6.45) is 4.27. The lowest BCUT2D eigenvalue weighted by Crippen LogP contribution is -2.36. The lowest BCUT2D eigenvalue weighted by Gasteiger charge is -2.28. The molecule has 2 aromatic carbocycles. The van der Waals surface area contributed by atoms with Crippen molar-refractivity contribution in [1.29, 1.82) is 0 Å². The second-order valence-corrected chi connectivity index (χ2v) is 8.90. The Labute approximate surface area is 199 Å². The fourth-order valence-corrected chi connectivity index (χ4v) is 4.32. The van der Waals surface area contributed by atoms with E-state index in [1.165, 1.54) is 11.3 Å². The number of ether oxygens (including phenoxy) is 1. The number of allylic oxidation sites excluding steroid dienone is 1. The van der Waals surface area contributed by atoms with Crippen molar-refractivity contribution in [3.8, 4) is 0 Å². The molecule has 0 unspecified atom stereocenters. The van der Waals surface area contributed by atoms with Crippen molar-refractivity contribution >= 4 is 29.0 Å². The molecule has 1 N–H and O–H groups in total. The number of carbonyl (C=O) groups is 1. The van der Waals surface area contributed by atoms with Crippen LogP contribution < -0.4 is 10.2 Å². The van der Waals surface area contributed by atoms with Crippen LogP contribution in [0.2, 0.25) is 0 Å². The Morgan fingerprint density at radius 3 is 2.70 bits per heavy atom. The zero-order valence-corrected chi connectivity index (χ0v) is 19.8. The molecule has 0 bridgehead atoms. The average molecular weight is 461 g/mol. The largest absolute Gasteiger partial charge is 0.378 e. The summed E-state index contributed by atoms with van der Waals surface area (Å²) in [7, 11) is 0. The van der Waals surface area contributed by atoms with Gasteiger partial charge in [0.1, 0.15) is 10.9 Å². The standard InChI is InChI=1S/C26H28N4O2S/c1-3-19(2)26(31)28-21-5-4-6-23(18-21)33-25-11-12-27-24(29-25)17-20-7-9-22(10-8-20)30-13-15-32-16-14-30/h3-12,18H,13-17H2,1-2H3,(H,28,31)/b19-3+. The number of morpholine rings is 1. The van der Waals surface area contributed by atoms with Gasteiger partial charge in [-0.05, 0) is 55.8 Å². The van der Waals surface area contributed by atoms with Gasteiger partial charge in [-0.25, -0.2) is 9.97 Å². The Morgan fingerprint density at radius 1 is 1.15 bits per heavy atom. The molecule has 33 heavy (non-hydrogen) atoms. The highest BCUT2D eigenvalue weighted by Gasteiger charge is 2.11. The molecular formula is C26H28N4O2S. The van der Waals surface area contributed by atoms with E-state index >= 15 is 0 Å². The third-order valence-corrected chi connectivity index (χ3v) is 6.39.